The molecule has 28 heavy (non-hydrogen) atoms. The molecular formula is C20H25N5O3. The number of fused-ring (bicyclic) bond motifs is 1. The van der Waals surface area contributed by atoms with Gasteiger partial charge in [-0.1, -0.05) is 0 Å². The Hall–Kier alpha value is -2.51. The largest absolute Gasteiger partial charge is 0.450 e. The molecule has 4 aliphatic carbocycles. The Labute approximate surface area is 163 Å². The number of nitrogens with one attached hydrogen (secondary N) is 1. The first-order valence-corrected chi connectivity index (χ1v) is 10.1. The van der Waals surface area contributed by atoms with Crippen LogP contribution in [0, 0.1) is 31.6 Å². The van der Waals surface area contributed by atoms with Gasteiger partial charge in [-0.05, 0) is 76.2 Å². The number of carbonyl (C=O) groups is 2. The third kappa shape index (κ3) is 3.04. The highest BCUT2D eigenvalue weighted by Crippen LogP contribution is 2.55. The zero-order valence-electron chi connectivity index (χ0n) is 16.3. The molecule has 0 unspecified atom stereocenters. The van der Waals surface area contributed by atoms with Gasteiger partial charge in [-0.25, -0.2) is 14.3 Å². The maximum atomic E-state index is 12.5. The summed E-state index contributed by atoms with van der Waals surface area (Å²) in [6.45, 7) is 3.42. The summed E-state index contributed by atoms with van der Waals surface area (Å²) in [6.07, 6.45) is 7.15. The van der Waals surface area contributed by atoms with E-state index < -0.39 is 5.97 Å². The van der Waals surface area contributed by atoms with Crippen molar-refractivity contribution in [2.24, 2.45) is 17.8 Å². The number of nitrogens with zero attached hydrogens (tertiary/aromatic N) is 4. The fraction of sp³-hybridized carbons (Fsp3) is 0.650. The van der Waals surface area contributed by atoms with E-state index in [9.17, 15) is 9.59 Å². The maximum Gasteiger partial charge on any atom is 0.378 e. The van der Waals surface area contributed by atoms with Crippen molar-refractivity contribution in [2.75, 3.05) is 6.61 Å². The zero-order chi connectivity index (χ0) is 19.5. The van der Waals surface area contributed by atoms with Gasteiger partial charge < -0.3 is 10.1 Å². The van der Waals surface area contributed by atoms with Gasteiger partial charge in [0.15, 0.2) is 6.61 Å². The van der Waals surface area contributed by atoms with Gasteiger partial charge in [0.1, 0.15) is 0 Å². The van der Waals surface area contributed by atoms with E-state index in [0.29, 0.717) is 5.78 Å². The van der Waals surface area contributed by atoms with Gasteiger partial charge in [-0.2, -0.15) is 4.98 Å². The van der Waals surface area contributed by atoms with E-state index >= 15 is 0 Å². The first kappa shape index (κ1) is 17.6. The average molecular weight is 383 g/mol. The fourth-order valence-electron chi connectivity index (χ4n) is 6.04. The molecule has 4 fully saturated rings. The molecular weight excluding hydrogens is 358 g/mol. The first-order valence-electron chi connectivity index (χ1n) is 10.1. The lowest BCUT2D eigenvalue weighted by molar-refractivity contribution is -0.130. The van der Waals surface area contributed by atoms with Gasteiger partial charge >= 0.3 is 5.97 Å². The highest BCUT2D eigenvalue weighted by atomic mass is 16.5. The molecule has 4 saturated carbocycles. The average Bonchev–Trinajstić information content (AvgIpc) is 3.02. The molecule has 0 aromatic carbocycles. The second kappa shape index (κ2) is 6.25. The molecule has 4 aliphatic rings. The summed E-state index contributed by atoms with van der Waals surface area (Å²) in [4.78, 5) is 33.2. The van der Waals surface area contributed by atoms with Crippen LogP contribution in [0.4, 0.5) is 0 Å². The van der Waals surface area contributed by atoms with Gasteiger partial charge in [0.2, 0.25) is 0 Å². The van der Waals surface area contributed by atoms with E-state index in [2.05, 4.69) is 20.4 Å². The number of aryl methyl sites for hydroxylation is 2. The van der Waals surface area contributed by atoms with Crippen LogP contribution in [0.2, 0.25) is 0 Å². The van der Waals surface area contributed by atoms with E-state index in [0.717, 1.165) is 48.4 Å². The Morgan fingerprint density at radius 1 is 1.14 bits per heavy atom. The molecule has 0 atom stereocenters. The van der Waals surface area contributed by atoms with Crippen LogP contribution in [0.15, 0.2) is 6.07 Å². The van der Waals surface area contributed by atoms with Crippen molar-refractivity contribution in [1.82, 2.24) is 24.9 Å². The molecule has 8 nitrogen and oxygen atoms in total. The molecule has 0 aliphatic heterocycles. The van der Waals surface area contributed by atoms with Crippen molar-refractivity contribution in [3.63, 3.8) is 0 Å². The molecule has 0 spiro atoms. The van der Waals surface area contributed by atoms with Crippen molar-refractivity contribution >= 4 is 17.7 Å². The molecule has 0 saturated heterocycles. The van der Waals surface area contributed by atoms with E-state index in [-0.39, 0.29) is 23.9 Å². The summed E-state index contributed by atoms with van der Waals surface area (Å²) in [7, 11) is 0. The molecule has 1 amide bonds. The van der Waals surface area contributed by atoms with Crippen LogP contribution in [0.3, 0.4) is 0 Å². The molecule has 0 radical (unpaired) electrons. The zero-order valence-corrected chi connectivity index (χ0v) is 16.3. The number of carbonyl (C=O) groups excluding carboxylic acids is 2. The van der Waals surface area contributed by atoms with Crippen LogP contribution in [0.25, 0.3) is 5.78 Å². The minimum Gasteiger partial charge on any atom is -0.450 e. The number of hydrogen-bond acceptors (Lipinski definition) is 6. The minimum absolute atomic E-state index is 0.0798. The molecule has 148 valence electrons. The SMILES string of the molecule is Cc1cc(C)n2nc(C(=O)OCC(=O)NC34CC5CC(CC(C5)C3)C4)nc2n1. The quantitative estimate of drug-likeness (QED) is 0.811. The molecule has 2 heterocycles. The summed E-state index contributed by atoms with van der Waals surface area (Å²) in [5, 5.41) is 7.35. The Morgan fingerprint density at radius 2 is 1.79 bits per heavy atom. The number of esters is 1. The lowest BCUT2D eigenvalue weighted by atomic mass is 9.53. The molecule has 8 heteroatoms. The molecule has 1 N–H and O–H groups in total. The molecule has 4 bridgehead atoms. The smallest absolute Gasteiger partial charge is 0.378 e. The third-order valence-electron chi connectivity index (χ3n) is 6.58. The van der Waals surface area contributed by atoms with Crippen molar-refractivity contribution in [3.05, 3.63) is 23.3 Å². The number of aromatic nitrogens is 4. The van der Waals surface area contributed by atoms with Crippen molar-refractivity contribution in [2.45, 2.75) is 57.9 Å². The van der Waals surface area contributed by atoms with E-state index in [1.165, 1.54) is 23.8 Å². The monoisotopic (exact) mass is 383 g/mol. The van der Waals surface area contributed by atoms with Crippen LogP contribution < -0.4 is 5.32 Å². The summed E-state index contributed by atoms with van der Waals surface area (Å²) < 4.78 is 6.69. The maximum absolute atomic E-state index is 12.5. The number of rotatable bonds is 4. The van der Waals surface area contributed by atoms with E-state index in [4.69, 9.17) is 4.74 Å². The van der Waals surface area contributed by atoms with E-state index in [1.807, 2.05) is 19.9 Å². The highest BCUT2D eigenvalue weighted by Gasteiger charge is 2.51. The first-order chi connectivity index (χ1) is 13.4. The van der Waals surface area contributed by atoms with Crippen LogP contribution in [-0.2, 0) is 9.53 Å². The van der Waals surface area contributed by atoms with E-state index in [1.54, 1.807) is 0 Å². The third-order valence-corrected chi connectivity index (χ3v) is 6.58. The normalized spacial score (nSPS) is 30.6. The van der Waals surface area contributed by atoms with Crippen LogP contribution >= 0.6 is 0 Å². The topological polar surface area (TPSA) is 98.5 Å². The number of ether oxygens (including phenoxy) is 1. The number of amides is 1. The molecule has 6 rings (SSSR count). The Balaban J connectivity index is 1.22. The minimum atomic E-state index is -0.705. The Morgan fingerprint density at radius 3 is 2.43 bits per heavy atom. The van der Waals surface area contributed by atoms with Gasteiger partial charge in [0, 0.05) is 16.9 Å². The van der Waals surface area contributed by atoms with Crippen LogP contribution in [-0.4, -0.2) is 43.6 Å². The molecule has 2 aromatic heterocycles. The second-order valence-corrected chi connectivity index (χ2v) is 9.01. The van der Waals surface area contributed by atoms with Gasteiger partial charge in [-0.15, -0.1) is 5.10 Å². The summed E-state index contributed by atoms with van der Waals surface area (Å²) in [5.74, 6) is 1.57. The van der Waals surface area contributed by atoms with Crippen molar-refractivity contribution in [1.29, 1.82) is 0 Å². The van der Waals surface area contributed by atoms with Gasteiger partial charge in [0.05, 0.1) is 0 Å². The second-order valence-electron chi connectivity index (χ2n) is 9.01. The Kier molecular flexibility index (Phi) is 3.93. The lowest BCUT2D eigenvalue weighted by Gasteiger charge is -2.56. The Bertz CT molecular complexity index is 931. The highest BCUT2D eigenvalue weighted by molar-refractivity contribution is 5.88. The van der Waals surface area contributed by atoms with Crippen molar-refractivity contribution < 1.29 is 14.3 Å². The molecule has 2 aromatic rings. The van der Waals surface area contributed by atoms with Crippen LogP contribution in [0.5, 0.6) is 0 Å². The van der Waals surface area contributed by atoms with Gasteiger partial charge in [0.25, 0.3) is 17.5 Å². The predicted octanol–water partition coefficient (Wildman–Crippen LogP) is 1.98. The number of hydrogen-bond donors (Lipinski definition) is 1. The van der Waals surface area contributed by atoms with Crippen LogP contribution in [0.1, 0.15) is 60.5 Å². The summed E-state index contributed by atoms with van der Waals surface area (Å²) >= 11 is 0. The predicted molar refractivity (Wildman–Crippen MR) is 99.6 cm³/mol. The van der Waals surface area contributed by atoms with Gasteiger partial charge in [-0.3, -0.25) is 4.79 Å². The fourth-order valence-corrected chi connectivity index (χ4v) is 6.04. The summed E-state index contributed by atoms with van der Waals surface area (Å²) in [5.41, 5.74) is 1.54. The summed E-state index contributed by atoms with van der Waals surface area (Å²) in [6, 6.07) is 1.86. The standard InChI is InChI=1S/C20H25N5O3/c1-11-3-12(2)25-19(21-11)22-17(24-25)18(27)28-10-16(26)23-20-7-13-4-14(8-20)6-15(5-13)9-20/h3,13-15H,4-10H2,1-2H3,(H,23,26). The van der Waals surface area contributed by atoms with Crippen molar-refractivity contribution in [3.8, 4) is 0 Å². The lowest BCUT2D eigenvalue weighted by Crippen LogP contribution is -2.60.